The monoisotopic (exact) mass is 453 g/mol. The Hall–Kier alpha value is -3.80. The Morgan fingerprint density at radius 3 is 2.47 bits per heavy atom. The number of anilines is 1. The fourth-order valence-corrected chi connectivity index (χ4v) is 4.65. The fourth-order valence-electron chi connectivity index (χ4n) is 4.65. The number of benzene rings is 3. The quantitative estimate of drug-likeness (QED) is 0.427. The summed E-state index contributed by atoms with van der Waals surface area (Å²) in [5.41, 5.74) is 6.87. The summed E-state index contributed by atoms with van der Waals surface area (Å²) in [6, 6.07) is 24.9. The van der Waals surface area contributed by atoms with Crippen LogP contribution < -0.4 is 10.2 Å². The van der Waals surface area contributed by atoms with E-state index >= 15 is 0 Å². The number of hydrogen-bond donors (Lipinski definition) is 1. The molecule has 1 aliphatic heterocycles. The summed E-state index contributed by atoms with van der Waals surface area (Å²) in [6.07, 6.45) is 4.36. The number of nitrogens with zero attached hydrogens (tertiary/aromatic N) is 4. The smallest absolute Gasteiger partial charge is 0.317 e. The molecule has 1 fully saturated rings. The molecule has 1 saturated heterocycles. The fraction of sp³-hybridized carbons (Fsp3) is 0.286. The van der Waals surface area contributed by atoms with Crippen LogP contribution in [0.3, 0.4) is 0 Å². The van der Waals surface area contributed by atoms with Crippen LogP contribution in [-0.2, 0) is 19.6 Å². The molecular weight excluding hydrogens is 422 g/mol. The third-order valence-corrected chi connectivity index (χ3v) is 6.54. The number of amides is 2. The van der Waals surface area contributed by atoms with Crippen LogP contribution >= 0.6 is 0 Å². The predicted molar refractivity (Wildman–Crippen MR) is 137 cm³/mol. The summed E-state index contributed by atoms with van der Waals surface area (Å²) in [7, 11) is 1.86. The Labute approximate surface area is 200 Å². The van der Waals surface area contributed by atoms with Gasteiger partial charge in [-0.15, -0.1) is 0 Å². The first-order valence-corrected chi connectivity index (χ1v) is 12.0. The second-order valence-corrected chi connectivity index (χ2v) is 9.02. The van der Waals surface area contributed by atoms with Crippen LogP contribution in [0.5, 0.6) is 0 Å². The SMILES string of the molecule is CN(Cc1ccccc1N1CCCC1)C(=O)NCc1ccc(Cn2cnc3ccccc32)cc1. The molecule has 34 heavy (non-hydrogen) atoms. The van der Waals surface area contributed by atoms with Crippen LogP contribution in [0, 0.1) is 0 Å². The highest BCUT2D eigenvalue weighted by molar-refractivity contribution is 5.75. The maximum absolute atomic E-state index is 12.7. The number of carbonyl (C=O) groups is 1. The molecule has 1 aliphatic rings. The second-order valence-electron chi connectivity index (χ2n) is 9.02. The molecule has 0 atom stereocenters. The Balaban J connectivity index is 1.16. The molecule has 0 unspecified atom stereocenters. The number of urea groups is 1. The maximum atomic E-state index is 12.7. The second kappa shape index (κ2) is 10.00. The molecule has 6 nitrogen and oxygen atoms in total. The third kappa shape index (κ3) is 4.91. The molecule has 1 N–H and O–H groups in total. The van der Waals surface area contributed by atoms with Crippen molar-refractivity contribution in [3.05, 3.63) is 95.8 Å². The molecule has 0 spiro atoms. The van der Waals surface area contributed by atoms with E-state index in [0.717, 1.165) is 36.2 Å². The molecule has 2 heterocycles. The summed E-state index contributed by atoms with van der Waals surface area (Å²) >= 11 is 0. The van der Waals surface area contributed by atoms with Crippen molar-refractivity contribution >= 4 is 22.8 Å². The van der Waals surface area contributed by atoms with E-state index in [1.54, 1.807) is 4.90 Å². The lowest BCUT2D eigenvalue weighted by molar-refractivity contribution is 0.206. The highest BCUT2D eigenvalue weighted by atomic mass is 16.2. The summed E-state index contributed by atoms with van der Waals surface area (Å²) in [6.45, 7) is 4.06. The van der Waals surface area contributed by atoms with E-state index in [4.69, 9.17) is 0 Å². The Bertz CT molecular complexity index is 1260. The van der Waals surface area contributed by atoms with Crippen LogP contribution in [0.4, 0.5) is 10.5 Å². The van der Waals surface area contributed by atoms with Gasteiger partial charge in [0.05, 0.1) is 17.4 Å². The zero-order valence-corrected chi connectivity index (χ0v) is 19.7. The average Bonchev–Trinajstić information content (AvgIpc) is 3.55. The van der Waals surface area contributed by atoms with Gasteiger partial charge < -0.3 is 19.7 Å². The summed E-state index contributed by atoms with van der Waals surface area (Å²) in [5, 5.41) is 3.06. The molecule has 2 amide bonds. The zero-order chi connectivity index (χ0) is 23.3. The highest BCUT2D eigenvalue weighted by Crippen LogP contribution is 2.25. The van der Waals surface area contributed by atoms with E-state index in [2.05, 4.69) is 74.4 Å². The van der Waals surface area contributed by atoms with Crippen molar-refractivity contribution in [3.8, 4) is 0 Å². The Morgan fingerprint density at radius 1 is 0.941 bits per heavy atom. The largest absolute Gasteiger partial charge is 0.371 e. The summed E-state index contributed by atoms with van der Waals surface area (Å²) in [5.74, 6) is 0. The van der Waals surface area contributed by atoms with Gasteiger partial charge in [-0.3, -0.25) is 0 Å². The molecule has 174 valence electrons. The topological polar surface area (TPSA) is 53.4 Å². The molecule has 0 saturated carbocycles. The molecule has 0 bridgehead atoms. The third-order valence-electron chi connectivity index (χ3n) is 6.54. The minimum atomic E-state index is -0.0646. The summed E-state index contributed by atoms with van der Waals surface area (Å²) in [4.78, 5) is 21.4. The number of carbonyl (C=O) groups excluding carboxylic acids is 1. The zero-order valence-electron chi connectivity index (χ0n) is 19.7. The molecule has 0 aliphatic carbocycles. The van der Waals surface area contributed by atoms with E-state index in [-0.39, 0.29) is 6.03 Å². The average molecular weight is 454 g/mol. The lowest BCUT2D eigenvalue weighted by Crippen LogP contribution is -2.36. The van der Waals surface area contributed by atoms with Crippen molar-refractivity contribution in [2.24, 2.45) is 0 Å². The number of para-hydroxylation sites is 3. The van der Waals surface area contributed by atoms with Crippen molar-refractivity contribution in [2.45, 2.75) is 32.5 Å². The molecule has 0 radical (unpaired) electrons. The standard InChI is InChI=1S/C28H31N5O/c1-31(20-24-8-2-4-10-26(24)32-16-6-7-17-32)28(34)29-18-22-12-14-23(15-13-22)19-33-21-30-25-9-3-5-11-27(25)33/h2-5,8-15,21H,6-7,16-20H2,1H3,(H,29,34). The van der Waals surface area contributed by atoms with Crippen molar-refractivity contribution in [3.63, 3.8) is 0 Å². The molecule has 5 rings (SSSR count). The van der Waals surface area contributed by atoms with Gasteiger partial charge in [0.1, 0.15) is 0 Å². The van der Waals surface area contributed by atoms with Gasteiger partial charge in [-0.2, -0.15) is 0 Å². The van der Waals surface area contributed by atoms with Crippen LogP contribution in [0.2, 0.25) is 0 Å². The van der Waals surface area contributed by atoms with E-state index in [1.165, 1.54) is 29.7 Å². The Morgan fingerprint density at radius 2 is 1.65 bits per heavy atom. The minimum absolute atomic E-state index is 0.0646. The number of imidazole rings is 1. The van der Waals surface area contributed by atoms with E-state index in [0.29, 0.717) is 13.1 Å². The molecular formula is C28H31N5O. The highest BCUT2D eigenvalue weighted by Gasteiger charge is 2.17. The van der Waals surface area contributed by atoms with Gasteiger partial charge in [0.2, 0.25) is 0 Å². The number of nitrogens with one attached hydrogen (secondary N) is 1. The van der Waals surface area contributed by atoms with Crippen molar-refractivity contribution in [2.75, 3.05) is 25.0 Å². The maximum Gasteiger partial charge on any atom is 0.317 e. The number of fused-ring (bicyclic) bond motifs is 1. The van der Waals surface area contributed by atoms with Gasteiger partial charge in [0, 0.05) is 45.5 Å². The van der Waals surface area contributed by atoms with Gasteiger partial charge >= 0.3 is 6.03 Å². The predicted octanol–water partition coefficient (Wildman–Crippen LogP) is 5.03. The van der Waals surface area contributed by atoms with Crippen molar-refractivity contribution in [1.29, 1.82) is 0 Å². The summed E-state index contributed by atoms with van der Waals surface area (Å²) < 4.78 is 2.15. The number of aromatic nitrogens is 2. The van der Waals surface area contributed by atoms with Gasteiger partial charge in [0.25, 0.3) is 0 Å². The van der Waals surface area contributed by atoms with Crippen LogP contribution in [-0.4, -0.2) is 40.6 Å². The van der Waals surface area contributed by atoms with Gasteiger partial charge in [-0.1, -0.05) is 54.6 Å². The lowest BCUT2D eigenvalue weighted by atomic mass is 10.1. The van der Waals surface area contributed by atoms with Crippen LogP contribution in [0.1, 0.15) is 29.5 Å². The van der Waals surface area contributed by atoms with Crippen LogP contribution in [0.25, 0.3) is 11.0 Å². The first-order chi connectivity index (χ1) is 16.7. The van der Waals surface area contributed by atoms with Crippen molar-refractivity contribution in [1.82, 2.24) is 19.8 Å². The van der Waals surface area contributed by atoms with E-state index in [1.807, 2.05) is 31.6 Å². The first-order valence-electron chi connectivity index (χ1n) is 12.0. The van der Waals surface area contributed by atoms with Gasteiger partial charge in [-0.25, -0.2) is 9.78 Å². The van der Waals surface area contributed by atoms with Crippen molar-refractivity contribution < 1.29 is 4.79 Å². The molecule has 6 heteroatoms. The van der Waals surface area contributed by atoms with E-state index < -0.39 is 0 Å². The minimum Gasteiger partial charge on any atom is -0.371 e. The first kappa shape index (κ1) is 22.0. The molecule has 1 aromatic heterocycles. The number of hydrogen-bond acceptors (Lipinski definition) is 3. The van der Waals surface area contributed by atoms with Gasteiger partial charge in [0.15, 0.2) is 0 Å². The van der Waals surface area contributed by atoms with E-state index in [9.17, 15) is 4.79 Å². The molecule has 3 aromatic carbocycles. The Kier molecular flexibility index (Phi) is 6.47. The van der Waals surface area contributed by atoms with Gasteiger partial charge in [-0.05, 0) is 47.7 Å². The number of rotatable bonds is 7. The van der Waals surface area contributed by atoms with Crippen LogP contribution in [0.15, 0.2) is 79.1 Å². The normalized spacial score (nSPS) is 13.4. The molecule has 4 aromatic rings. The lowest BCUT2D eigenvalue weighted by Gasteiger charge is -2.24.